The Balaban J connectivity index is 0.951. The highest BCUT2D eigenvalue weighted by molar-refractivity contribution is 5.94. The molecule has 0 radical (unpaired) electrons. The number of methoxy groups -OCH3 is 1. The fraction of sp³-hybridized carbons (Fsp3) is 0.649. The van der Waals surface area contributed by atoms with E-state index >= 15 is 8.78 Å². The van der Waals surface area contributed by atoms with Gasteiger partial charge in [-0.25, -0.2) is 18.3 Å². The maximum absolute atomic E-state index is 15.9. The van der Waals surface area contributed by atoms with E-state index in [1.54, 1.807) is 17.8 Å². The van der Waals surface area contributed by atoms with Crippen LogP contribution in [0.5, 0.6) is 0 Å². The van der Waals surface area contributed by atoms with Crippen molar-refractivity contribution >= 4 is 28.7 Å². The number of ether oxygens (including phenoxy) is 1. The minimum absolute atomic E-state index is 0.0224. The van der Waals surface area contributed by atoms with E-state index in [0.717, 1.165) is 81.1 Å². The number of halogens is 2. The van der Waals surface area contributed by atoms with E-state index in [0.29, 0.717) is 49.1 Å². The lowest BCUT2D eigenvalue weighted by Crippen LogP contribution is -2.59. The van der Waals surface area contributed by atoms with Gasteiger partial charge in [-0.1, -0.05) is 12.1 Å². The highest BCUT2D eigenvalue weighted by atomic mass is 19.3. The van der Waals surface area contributed by atoms with E-state index in [1.165, 1.54) is 18.4 Å². The minimum Gasteiger partial charge on any atom is -0.385 e. The van der Waals surface area contributed by atoms with Crippen molar-refractivity contribution in [3.05, 3.63) is 47.3 Å². The van der Waals surface area contributed by atoms with Gasteiger partial charge in [-0.05, 0) is 107 Å². The maximum atomic E-state index is 15.9. The largest absolute Gasteiger partial charge is 0.385 e. The fourth-order valence-electron chi connectivity index (χ4n) is 9.32. The van der Waals surface area contributed by atoms with Gasteiger partial charge in [0.05, 0.1) is 36.6 Å². The average Bonchev–Trinajstić information content (AvgIpc) is 3.76. The molecular weight excluding hydrogens is 640 g/mol. The lowest BCUT2D eigenvalue weighted by atomic mass is 9.78. The van der Waals surface area contributed by atoms with Crippen molar-refractivity contribution in [2.75, 3.05) is 70.2 Å². The molecule has 3 N–H and O–H groups in total. The zero-order chi connectivity index (χ0) is 34.4. The molecule has 50 heavy (non-hydrogen) atoms. The third-order valence-electron chi connectivity index (χ3n) is 12.3. The number of alkyl halides is 2. The molecule has 13 heteroatoms. The van der Waals surface area contributed by atoms with E-state index < -0.39 is 12.0 Å². The van der Waals surface area contributed by atoms with Gasteiger partial charge in [0.1, 0.15) is 0 Å². The van der Waals surface area contributed by atoms with Gasteiger partial charge in [-0.15, -0.1) is 5.10 Å². The van der Waals surface area contributed by atoms with Crippen LogP contribution in [0.15, 0.2) is 30.5 Å². The molecule has 3 aromatic rings. The van der Waals surface area contributed by atoms with Crippen LogP contribution >= 0.6 is 0 Å². The van der Waals surface area contributed by atoms with Crippen molar-refractivity contribution in [2.24, 2.45) is 11.8 Å². The van der Waals surface area contributed by atoms with E-state index in [-0.39, 0.29) is 24.6 Å². The molecule has 1 aromatic carbocycles. The molecular formula is C37H51F2N9O2. The van der Waals surface area contributed by atoms with Gasteiger partial charge >= 0.3 is 0 Å². The van der Waals surface area contributed by atoms with Gasteiger partial charge in [-0.2, -0.15) is 0 Å². The Morgan fingerprint density at radius 3 is 2.56 bits per heavy atom. The van der Waals surface area contributed by atoms with Gasteiger partial charge in [0.25, 0.3) is 11.8 Å². The van der Waals surface area contributed by atoms with Crippen LogP contribution < -0.4 is 20.9 Å². The van der Waals surface area contributed by atoms with Crippen LogP contribution in [0.2, 0.25) is 0 Å². The Bertz CT molecular complexity index is 1680. The first-order chi connectivity index (χ1) is 24.3. The molecule has 3 saturated heterocycles. The molecule has 11 nitrogen and oxygen atoms in total. The van der Waals surface area contributed by atoms with Crippen molar-refractivity contribution in [3.8, 4) is 0 Å². The standard InChI is InChI=1S/C37H51F2N9O2/c1-40-29-20-34(44-48-31(21-42-35(29)48)36(49)43-28-6-7-32(28)50-2)47-19-12-27-26(4-3-5-30(27)47)22-45-16-13-33(37(38,39)23-45)46-17-10-25(11-18-46)24-8-14-41-15-9-24/h3-5,20-21,24-25,28,32-33,40-41H,6-19,22-23H2,1-2H3,(H,43,49)/t28-,32-,33?/m1/s1. The fourth-order valence-corrected chi connectivity index (χ4v) is 9.32. The SMILES string of the molecule is CNc1cc(N2CCc3c(CN4CCC(N5CCC(C6CCNCC6)CC5)C(F)(F)C4)cccc32)nn2c(C(=O)N[C@@H]3CC[C@H]3OC)cnc12. The van der Waals surface area contributed by atoms with Gasteiger partial charge in [-0.3, -0.25) is 14.6 Å². The molecule has 0 bridgehead atoms. The van der Waals surface area contributed by atoms with Gasteiger partial charge in [0, 0.05) is 45.5 Å². The number of rotatable bonds is 9. The summed E-state index contributed by atoms with van der Waals surface area (Å²) in [5.74, 6) is -0.845. The van der Waals surface area contributed by atoms with Crippen LogP contribution in [-0.2, 0) is 17.7 Å². The summed E-state index contributed by atoms with van der Waals surface area (Å²) in [7, 11) is 3.50. The predicted molar refractivity (Wildman–Crippen MR) is 189 cm³/mol. The molecule has 4 aliphatic heterocycles. The summed E-state index contributed by atoms with van der Waals surface area (Å²) in [6.07, 6.45) is 9.23. The van der Waals surface area contributed by atoms with Crippen molar-refractivity contribution in [2.45, 2.75) is 82.0 Å². The van der Waals surface area contributed by atoms with Crippen LogP contribution in [0.25, 0.3) is 5.65 Å². The van der Waals surface area contributed by atoms with Gasteiger partial charge < -0.3 is 25.6 Å². The molecule has 270 valence electrons. The molecule has 1 aliphatic carbocycles. The third kappa shape index (κ3) is 6.35. The average molecular weight is 692 g/mol. The van der Waals surface area contributed by atoms with Crippen molar-refractivity contribution in [1.29, 1.82) is 0 Å². The number of benzene rings is 1. The number of fused-ring (bicyclic) bond motifs is 2. The zero-order valence-electron chi connectivity index (χ0n) is 29.3. The number of imidazole rings is 1. The Morgan fingerprint density at radius 2 is 1.84 bits per heavy atom. The first-order valence-corrected chi connectivity index (χ1v) is 18.7. The molecule has 1 saturated carbocycles. The summed E-state index contributed by atoms with van der Waals surface area (Å²) >= 11 is 0. The number of hydrogen-bond acceptors (Lipinski definition) is 9. The second-order valence-electron chi connectivity index (χ2n) is 15.0. The van der Waals surface area contributed by atoms with Crippen LogP contribution in [0, 0.1) is 11.8 Å². The molecule has 8 rings (SSSR count). The number of hydrogen-bond donors (Lipinski definition) is 3. The van der Waals surface area contributed by atoms with Crippen molar-refractivity contribution in [1.82, 2.24) is 35.0 Å². The second kappa shape index (κ2) is 14.0. The second-order valence-corrected chi connectivity index (χ2v) is 15.0. The zero-order valence-corrected chi connectivity index (χ0v) is 29.3. The van der Waals surface area contributed by atoms with Crippen LogP contribution in [0.1, 0.15) is 66.6 Å². The Hall–Kier alpha value is -3.39. The van der Waals surface area contributed by atoms with Gasteiger partial charge in [0.15, 0.2) is 17.2 Å². The summed E-state index contributed by atoms with van der Waals surface area (Å²) in [4.78, 5) is 24.0. The first-order valence-electron chi connectivity index (χ1n) is 18.7. The Kier molecular flexibility index (Phi) is 9.43. The van der Waals surface area contributed by atoms with E-state index in [2.05, 4.69) is 42.9 Å². The number of carbonyl (C=O) groups excluding carboxylic acids is 1. The number of aromatic nitrogens is 3. The van der Waals surface area contributed by atoms with Gasteiger partial charge in [0.2, 0.25) is 0 Å². The maximum Gasteiger partial charge on any atom is 0.275 e. The summed E-state index contributed by atoms with van der Waals surface area (Å²) in [6.45, 7) is 5.45. The van der Waals surface area contributed by atoms with Crippen molar-refractivity contribution in [3.63, 3.8) is 0 Å². The number of anilines is 3. The number of likely N-dealkylation sites (tertiary alicyclic amines) is 2. The minimum atomic E-state index is -2.75. The molecule has 0 spiro atoms. The lowest BCUT2D eigenvalue weighted by Gasteiger charge is -2.47. The highest BCUT2D eigenvalue weighted by Crippen LogP contribution is 2.40. The van der Waals surface area contributed by atoms with E-state index in [9.17, 15) is 4.79 Å². The van der Waals surface area contributed by atoms with E-state index in [1.807, 2.05) is 24.1 Å². The van der Waals surface area contributed by atoms with E-state index in [4.69, 9.17) is 9.84 Å². The molecule has 1 amide bonds. The molecule has 2 aromatic heterocycles. The van der Waals surface area contributed by atoms with Crippen LogP contribution in [0.3, 0.4) is 0 Å². The summed E-state index contributed by atoms with van der Waals surface area (Å²) in [5.41, 5.74) is 4.99. The van der Waals surface area contributed by atoms with Crippen LogP contribution in [0.4, 0.5) is 26.0 Å². The molecule has 3 atom stereocenters. The topological polar surface area (TPSA) is 102 Å². The number of nitrogens with one attached hydrogen (secondary N) is 3. The predicted octanol–water partition coefficient (Wildman–Crippen LogP) is 4.29. The first kappa shape index (κ1) is 33.7. The number of nitrogens with zero attached hydrogens (tertiary/aromatic N) is 6. The summed E-state index contributed by atoms with van der Waals surface area (Å²) in [6, 6.07) is 7.44. The Morgan fingerprint density at radius 1 is 1.04 bits per heavy atom. The monoisotopic (exact) mass is 691 g/mol. The quantitative estimate of drug-likeness (QED) is 0.304. The van der Waals surface area contributed by atoms with Crippen LogP contribution in [-0.4, -0.2) is 114 Å². The molecule has 4 fully saturated rings. The summed E-state index contributed by atoms with van der Waals surface area (Å²) < 4.78 is 38.8. The number of carbonyl (C=O) groups is 1. The lowest BCUT2D eigenvalue weighted by molar-refractivity contribution is -0.134. The molecule has 5 aliphatic rings. The normalized spacial score (nSPS) is 26.6. The number of amides is 1. The summed E-state index contributed by atoms with van der Waals surface area (Å²) in [5, 5.41) is 14.7. The smallest absolute Gasteiger partial charge is 0.275 e. The van der Waals surface area contributed by atoms with Crippen molar-refractivity contribution < 1.29 is 18.3 Å². The highest BCUT2D eigenvalue weighted by Gasteiger charge is 2.48. The third-order valence-corrected chi connectivity index (χ3v) is 12.3. The Labute approximate surface area is 293 Å². The molecule has 1 unspecified atom stereocenters. The molecule has 6 heterocycles. The number of piperidine rings is 3.